The standard InChI is InChI=1S/C32H32ClFN4O6/c1-17-19(7-6-10-25(17)36-30(40)23-14-37(2)32(42)38(3)31(23)41)21-9-5-8-20(29(21)33)18-11-24(34)22(28(12-18)43-4)13-35-26-15-44-16-27(26)39/h5-12,14,26-27,35,39H,13,15-16H2,1-4H3,(H,36,40)/t26-,27+/m0/s1. The molecular formula is C32H32ClFN4O6. The number of hydrogen-bond donors (Lipinski definition) is 3. The SMILES string of the molecule is COc1cc(-c2cccc(-c3cccc(NC(=O)c4cn(C)c(=O)n(C)c4=O)c3C)c2Cl)cc(F)c1CN[C@H]1COC[C@H]1O. The van der Waals surface area contributed by atoms with Gasteiger partial charge in [0.15, 0.2) is 0 Å². The van der Waals surface area contributed by atoms with E-state index >= 15 is 4.39 Å². The lowest BCUT2D eigenvalue weighted by Gasteiger charge is -2.18. The Labute approximate surface area is 257 Å². The van der Waals surface area contributed by atoms with Gasteiger partial charge in [0.05, 0.1) is 37.5 Å². The van der Waals surface area contributed by atoms with Gasteiger partial charge < -0.3 is 29.8 Å². The molecule has 4 aromatic rings. The van der Waals surface area contributed by atoms with E-state index in [-0.39, 0.29) is 24.8 Å². The van der Waals surface area contributed by atoms with E-state index in [2.05, 4.69) is 10.6 Å². The smallest absolute Gasteiger partial charge is 0.330 e. The number of aryl methyl sites for hydroxylation is 1. The zero-order valence-corrected chi connectivity index (χ0v) is 25.4. The fourth-order valence-corrected chi connectivity index (χ4v) is 5.61. The van der Waals surface area contributed by atoms with Crippen molar-refractivity contribution in [1.82, 2.24) is 14.5 Å². The van der Waals surface area contributed by atoms with Crippen molar-refractivity contribution < 1.29 is 23.8 Å². The van der Waals surface area contributed by atoms with Crippen LogP contribution in [0.4, 0.5) is 10.1 Å². The largest absolute Gasteiger partial charge is 0.496 e. The zero-order valence-electron chi connectivity index (χ0n) is 24.6. The third kappa shape index (κ3) is 5.91. The number of amides is 1. The second-order valence-electron chi connectivity index (χ2n) is 10.6. The van der Waals surface area contributed by atoms with Gasteiger partial charge >= 0.3 is 5.69 Å². The maximum atomic E-state index is 15.4. The molecule has 1 fully saturated rings. The second-order valence-corrected chi connectivity index (χ2v) is 11.0. The number of carbonyl (C=O) groups is 1. The van der Waals surface area contributed by atoms with Crippen molar-refractivity contribution in [1.29, 1.82) is 0 Å². The number of ether oxygens (including phenoxy) is 2. The van der Waals surface area contributed by atoms with E-state index in [1.54, 1.807) is 30.3 Å². The van der Waals surface area contributed by atoms with Crippen molar-refractivity contribution in [2.24, 2.45) is 14.1 Å². The van der Waals surface area contributed by atoms with Gasteiger partial charge in [0.1, 0.15) is 17.1 Å². The van der Waals surface area contributed by atoms with Crippen LogP contribution >= 0.6 is 11.6 Å². The maximum Gasteiger partial charge on any atom is 0.330 e. The molecule has 0 unspecified atom stereocenters. The molecule has 1 saturated heterocycles. The molecular weight excluding hydrogens is 591 g/mol. The summed E-state index contributed by atoms with van der Waals surface area (Å²) in [5, 5.41) is 16.3. The predicted octanol–water partition coefficient (Wildman–Crippen LogP) is 3.63. The van der Waals surface area contributed by atoms with Crippen LogP contribution in [0, 0.1) is 12.7 Å². The quantitative estimate of drug-likeness (QED) is 0.274. The number of rotatable bonds is 8. The Morgan fingerprint density at radius 1 is 1.11 bits per heavy atom. The first-order chi connectivity index (χ1) is 21.0. The first-order valence-corrected chi connectivity index (χ1v) is 14.2. The lowest BCUT2D eigenvalue weighted by molar-refractivity contribution is 0.102. The molecule has 2 heterocycles. The number of anilines is 1. The van der Waals surface area contributed by atoms with E-state index in [1.807, 2.05) is 19.1 Å². The summed E-state index contributed by atoms with van der Waals surface area (Å²) in [5.74, 6) is -0.826. The summed E-state index contributed by atoms with van der Waals surface area (Å²) in [6.45, 7) is 2.51. The lowest BCUT2D eigenvalue weighted by atomic mass is 9.94. The van der Waals surface area contributed by atoms with Crippen LogP contribution in [0.1, 0.15) is 21.5 Å². The summed E-state index contributed by atoms with van der Waals surface area (Å²) in [4.78, 5) is 37.7. The number of aromatic nitrogens is 2. The number of aliphatic hydroxyl groups is 1. The van der Waals surface area contributed by atoms with Crippen LogP contribution in [0.15, 0.2) is 64.3 Å². The molecule has 44 heavy (non-hydrogen) atoms. The summed E-state index contributed by atoms with van der Waals surface area (Å²) in [6.07, 6.45) is 0.543. The number of halogens is 2. The van der Waals surface area contributed by atoms with Crippen molar-refractivity contribution >= 4 is 23.2 Å². The predicted molar refractivity (Wildman–Crippen MR) is 166 cm³/mol. The minimum absolute atomic E-state index is 0.136. The average Bonchev–Trinajstić information content (AvgIpc) is 3.42. The van der Waals surface area contributed by atoms with Gasteiger partial charge in [-0.3, -0.25) is 14.2 Å². The fraction of sp³-hybridized carbons (Fsp3) is 0.281. The highest BCUT2D eigenvalue weighted by molar-refractivity contribution is 6.36. The Morgan fingerprint density at radius 2 is 1.82 bits per heavy atom. The maximum absolute atomic E-state index is 15.4. The van der Waals surface area contributed by atoms with Crippen LogP contribution in [0.5, 0.6) is 5.75 Å². The molecule has 0 bridgehead atoms. The molecule has 1 aliphatic heterocycles. The molecule has 5 rings (SSSR count). The summed E-state index contributed by atoms with van der Waals surface area (Å²) in [6, 6.07) is 13.5. The molecule has 0 aliphatic carbocycles. The van der Waals surface area contributed by atoms with E-state index in [1.165, 1.54) is 38.0 Å². The minimum Gasteiger partial charge on any atom is -0.496 e. The topological polar surface area (TPSA) is 124 Å². The molecule has 3 N–H and O–H groups in total. The van der Waals surface area contributed by atoms with E-state index in [0.717, 1.165) is 4.57 Å². The number of aliphatic hydroxyl groups excluding tert-OH is 1. The highest BCUT2D eigenvalue weighted by Crippen LogP contribution is 2.40. The lowest BCUT2D eigenvalue weighted by Crippen LogP contribution is -2.40. The number of nitrogens with one attached hydrogen (secondary N) is 2. The summed E-state index contributed by atoms with van der Waals surface area (Å²) in [5.41, 5.74) is 2.47. The number of hydrogen-bond acceptors (Lipinski definition) is 7. The van der Waals surface area contributed by atoms with Gasteiger partial charge in [0, 0.05) is 49.2 Å². The first kappa shape index (κ1) is 31.1. The third-order valence-electron chi connectivity index (χ3n) is 7.84. The Hall–Kier alpha value is -4.29. The van der Waals surface area contributed by atoms with Gasteiger partial charge in [-0.15, -0.1) is 0 Å². The second kappa shape index (κ2) is 12.7. The van der Waals surface area contributed by atoms with Crippen molar-refractivity contribution in [3.8, 4) is 28.0 Å². The Morgan fingerprint density at radius 3 is 2.52 bits per heavy atom. The summed E-state index contributed by atoms with van der Waals surface area (Å²) in [7, 11) is 4.23. The van der Waals surface area contributed by atoms with E-state index in [9.17, 15) is 19.5 Å². The molecule has 3 aromatic carbocycles. The third-order valence-corrected chi connectivity index (χ3v) is 8.25. The number of methoxy groups -OCH3 is 1. The molecule has 0 radical (unpaired) electrons. The van der Waals surface area contributed by atoms with Crippen LogP contribution in [0.2, 0.25) is 5.02 Å². The fourth-order valence-electron chi connectivity index (χ4n) is 5.27. The highest BCUT2D eigenvalue weighted by Gasteiger charge is 2.26. The van der Waals surface area contributed by atoms with Crippen molar-refractivity contribution in [3.63, 3.8) is 0 Å². The van der Waals surface area contributed by atoms with Crippen LogP contribution < -0.4 is 26.6 Å². The number of nitrogens with zero attached hydrogens (tertiary/aromatic N) is 2. The van der Waals surface area contributed by atoms with E-state index in [4.69, 9.17) is 21.1 Å². The molecule has 2 atom stereocenters. The molecule has 12 heteroatoms. The Balaban J connectivity index is 1.46. The molecule has 1 aromatic heterocycles. The van der Waals surface area contributed by atoms with Gasteiger partial charge in [-0.25, -0.2) is 9.18 Å². The monoisotopic (exact) mass is 622 g/mol. The number of carbonyl (C=O) groups excluding carboxylic acids is 1. The van der Waals surface area contributed by atoms with Crippen LogP contribution in [-0.4, -0.2) is 52.6 Å². The molecule has 0 saturated carbocycles. The molecule has 230 valence electrons. The average molecular weight is 623 g/mol. The Bertz CT molecular complexity index is 1870. The van der Waals surface area contributed by atoms with Crippen LogP contribution in [0.25, 0.3) is 22.3 Å². The molecule has 10 nitrogen and oxygen atoms in total. The van der Waals surface area contributed by atoms with Gasteiger partial charge in [0.25, 0.3) is 11.5 Å². The molecule has 1 aliphatic rings. The zero-order chi connectivity index (χ0) is 31.7. The van der Waals surface area contributed by atoms with E-state index < -0.39 is 29.1 Å². The van der Waals surface area contributed by atoms with Crippen molar-refractivity contribution in [2.75, 3.05) is 25.6 Å². The minimum atomic E-state index is -0.704. The van der Waals surface area contributed by atoms with Gasteiger partial charge in [-0.2, -0.15) is 0 Å². The van der Waals surface area contributed by atoms with Gasteiger partial charge in [-0.1, -0.05) is 41.9 Å². The highest BCUT2D eigenvalue weighted by atomic mass is 35.5. The molecule has 0 spiro atoms. The van der Waals surface area contributed by atoms with Gasteiger partial charge in [0.2, 0.25) is 0 Å². The first-order valence-electron chi connectivity index (χ1n) is 13.8. The summed E-state index contributed by atoms with van der Waals surface area (Å²) >= 11 is 6.94. The number of benzene rings is 3. The normalized spacial score (nSPS) is 16.2. The van der Waals surface area contributed by atoms with Crippen molar-refractivity contribution in [2.45, 2.75) is 25.6 Å². The van der Waals surface area contributed by atoms with E-state index in [0.29, 0.717) is 56.4 Å². The van der Waals surface area contributed by atoms with Crippen LogP contribution in [-0.2, 0) is 25.4 Å². The van der Waals surface area contributed by atoms with Gasteiger partial charge in [-0.05, 0) is 41.8 Å². The Kier molecular flexibility index (Phi) is 9.02. The summed E-state index contributed by atoms with van der Waals surface area (Å²) < 4.78 is 28.3. The molecule has 1 amide bonds. The van der Waals surface area contributed by atoms with Crippen molar-refractivity contribution in [3.05, 3.63) is 103 Å². The van der Waals surface area contributed by atoms with Crippen LogP contribution in [0.3, 0.4) is 0 Å².